The van der Waals surface area contributed by atoms with Crippen LogP contribution in [0.4, 0.5) is 15.0 Å². The SMILES string of the molecule is NC1=NC(CF)(c2ccnc(NC(=O)Oc3ccc(Cl)cn3)c2)COC1. The van der Waals surface area contributed by atoms with E-state index >= 15 is 0 Å². The number of pyridine rings is 2. The molecule has 0 aromatic carbocycles. The molecule has 0 saturated heterocycles. The summed E-state index contributed by atoms with van der Waals surface area (Å²) in [5, 5.41) is 2.86. The van der Waals surface area contributed by atoms with Crippen LogP contribution in [0.25, 0.3) is 0 Å². The second kappa shape index (κ2) is 7.63. The first-order valence-corrected chi connectivity index (χ1v) is 7.93. The van der Waals surface area contributed by atoms with Crippen molar-refractivity contribution in [3.63, 3.8) is 0 Å². The average Bonchev–Trinajstić information content (AvgIpc) is 2.63. The van der Waals surface area contributed by atoms with E-state index in [1.807, 2.05) is 0 Å². The number of amides is 1. The van der Waals surface area contributed by atoms with Gasteiger partial charge >= 0.3 is 6.09 Å². The van der Waals surface area contributed by atoms with Crippen LogP contribution in [0.15, 0.2) is 41.7 Å². The van der Waals surface area contributed by atoms with Gasteiger partial charge in [-0.15, -0.1) is 0 Å². The number of nitrogens with zero attached hydrogens (tertiary/aromatic N) is 3. The summed E-state index contributed by atoms with van der Waals surface area (Å²) in [5.74, 6) is 0.434. The Hall–Kier alpha value is -2.78. The summed E-state index contributed by atoms with van der Waals surface area (Å²) in [6.45, 7) is -0.624. The molecule has 1 unspecified atom stereocenters. The number of hydrogen-bond donors (Lipinski definition) is 2. The molecule has 2 aromatic heterocycles. The summed E-state index contributed by atoms with van der Waals surface area (Å²) < 4.78 is 24.0. The minimum absolute atomic E-state index is 0.0345. The Bertz CT molecular complexity index is 833. The van der Waals surface area contributed by atoms with E-state index in [1.165, 1.54) is 30.6 Å². The van der Waals surface area contributed by atoms with Gasteiger partial charge in [0.25, 0.3) is 0 Å². The van der Waals surface area contributed by atoms with E-state index in [0.29, 0.717) is 10.6 Å². The number of anilines is 1. The lowest BCUT2D eigenvalue weighted by molar-refractivity contribution is 0.0827. The molecule has 136 valence electrons. The van der Waals surface area contributed by atoms with Gasteiger partial charge in [0, 0.05) is 18.5 Å². The van der Waals surface area contributed by atoms with Crippen LogP contribution in [-0.2, 0) is 10.3 Å². The van der Waals surface area contributed by atoms with E-state index in [0.717, 1.165) is 0 Å². The number of aliphatic imine (C=N–C) groups is 1. The predicted octanol–water partition coefficient (Wildman–Crippen LogP) is 2.29. The molecular formula is C16H15ClFN5O3. The van der Waals surface area contributed by atoms with Crippen LogP contribution in [0.3, 0.4) is 0 Å². The van der Waals surface area contributed by atoms with Crippen LogP contribution in [-0.4, -0.2) is 41.8 Å². The molecule has 0 radical (unpaired) electrons. The summed E-state index contributed by atoms with van der Waals surface area (Å²) >= 11 is 5.72. The molecule has 2 aromatic rings. The molecule has 1 aliphatic heterocycles. The van der Waals surface area contributed by atoms with Crippen LogP contribution >= 0.6 is 11.6 Å². The molecule has 0 saturated carbocycles. The van der Waals surface area contributed by atoms with E-state index in [-0.39, 0.29) is 30.7 Å². The molecule has 0 bridgehead atoms. The Morgan fingerprint density at radius 1 is 1.42 bits per heavy atom. The zero-order valence-electron chi connectivity index (χ0n) is 13.5. The van der Waals surface area contributed by atoms with Gasteiger partial charge in [-0.25, -0.2) is 19.2 Å². The summed E-state index contributed by atoms with van der Waals surface area (Å²) in [5.41, 5.74) is 4.88. The first-order valence-electron chi connectivity index (χ1n) is 7.55. The van der Waals surface area contributed by atoms with E-state index in [2.05, 4.69) is 20.3 Å². The van der Waals surface area contributed by atoms with Gasteiger partial charge < -0.3 is 15.2 Å². The number of rotatable bonds is 4. The van der Waals surface area contributed by atoms with Gasteiger partial charge in [-0.2, -0.15) is 0 Å². The van der Waals surface area contributed by atoms with Crippen molar-refractivity contribution in [2.24, 2.45) is 10.7 Å². The van der Waals surface area contributed by atoms with Crippen LogP contribution in [0, 0.1) is 0 Å². The molecule has 3 rings (SSSR count). The van der Waals surface area contributed by atoms with Gasteiger partial charge in [-0.3, -0.25) is 10.3 Å². The maximum absolute atomic E-state index is 13.7. The fourth-order valence-corrected chi connectivity index (χ4v) is 2.51. The highest BCUT2D eigenvalue weighted by atomic mass is 35.5. The van der Waals surface area contributed by atoms with Crippen molar-refractivity contribution >= 4 is 29.3 Å². The lowest BCUT2D eigenvalue weighted by Crippen LogP contribution is -2.41. The molecule has 0 fully saturated rings. The van der Waals surface area contributed by atoms with E-state index in [1.54, 1.807) is 6.07 Å². The Labute approximate surface area is 153 Å². The van der Waals surface area contributed by atoms with E-state index < -0.39 is 18.3 Å². The van der Waals surface area contributed by atoms with Crippen molar-refractivity contribution < 1.29 is 18.7 Å². The minimum atomic E-state index is -1.26. The van der Waals surface area contributed by atoms with E-state index in [4.69, 9.17) is 26.8 Å². The number of alkyl halides is 1. The Balaban J connectivity index is 1.75. The maximum atomic E-state index is 13.7. The third-order valence-corrected chi connectivity index (χ3v) is 3.82. The van der Waals surface area contributed by atoms with Crippen LogP contribution in [0.2, 0.25) is 5.02 Å². The van der Waals surface area contributed by atoms with Gasteiger partial charge in [0.1, 0.15) is 30.5 Å². The molecule has 1 amide bonds. The molecule has 0 aliphatic carbocycles. The predicted molar refractivity (Wildman–Crippen MR) is 93.2 cm³/mol. The van der Waals surface area contributed by atoms with Crippen molar-refractivity contribution in [2.45, 2.75) is 5.54 Å². The fraction of sp³-hybridized carbons (Fsp3) is 0.250. The summed E-state index contributed by atoms with van der Waals surface area (Å²) in [4.78, 5) is 24.0. The van der Waals surface area contributed by atoms with Crippen LogP contribution in [0.1, 0.15) is 5.56 Å². The average molecular weight is 380 g/mol. The summed E-state index contributed by atoms with van der Waals surface area (Å²) in [7, 11) is 0. The lowest BCUT2D eigenvalue weighted by Gasteiger charge is -2.31. The minimum Gasteiger partial charge on any atom is -0.391 e. The molecule has 3 N–H and O–H groups in total. The normalized spacial score (nSPS) is 19.5. The quantitative estimate of drug-likeness (QED) is 0.843. The van der Waals surface area contributed by atoms with Crippen LogP contribution in [0.5, 0.6) is 5.88 Å². The number of nitrogens with one attached hydrogen (secondary N) is 1. The number of carbonyl (C=O) groups excluding carboxylic acids is 1. The first kappa shape index (κ1) is 18.0. The number of halogens is 2. The maximum Gasteiger partial charge on any atom is 0.419 e. The second-order valence-corrected chi connectivity index (χ2v) is 5.96. The molecule has 1 aliphatic rings. The van der Waals surface area contributed by atoms with Crippen molar-refractivity contribution in [1.29, 1.82) is 0 Å². The Morgan fingerprint density at radius 2 is 2.27 bits per heavy atom. The van der Waals surface area contributed by atoms with Crippen LogP contribution < -0.4 is 15.8 Å². The number of aromatic nitrogens is 2. The Kier molecular flexibility index (Phi) is 5.29. The fourth-order valence-electron chi connectivity index (χ4n) is 2.39. The van der Waals surface area contributed by atoms with Gasteiger partial charge in [-0.05, 0) is 23.8 Å². The number of ether oxygens (including phenoxy) is 2. The van der Waals surface area contributed by atoms with Gasteiger partial charge in [-0.1, -0.05) is 11.6 Å². The smallest absolute Gasteiger partial charge is 0.391 e. The third-order valence-electron chi connectivity index (χ3n) is 3.59. The topological polar surface area (TPSA) is 112 Å². The second-order valence-electron chi connectivity index (χ2n) is 5.52. The van der Waals surface area contributed by atoms with Crippen molar-refractivity contribution in [2.75, 3.05) is 25.2 Å². The van der Waals surface area contributed by atoms with Crippen molar-refractivity contribution in [3.05, 3.63) is 47.2 Å². The van der Waals surface area contributed by atoms with Gasteiger partial charge in [0.2, 0.25) is 5.88 Å². The highest BCUT2D eigenvalue weighted by Crippen LogP contribution is 2.30. The van der Waals surface area contributed by atoms with Crippen molar-refractivity contribution in [3.8, 4) is 5.88 Å². The molecule has 0 spiro atoms. The zero-order chi connectivity index (χ0) is 18.6. The number of nitrogens with two attached hydrogens (primary N) is 1. The molecule has 1 atom stereocenters. The Morgan fingerprint density at radius 3 is 2.96 bits per heavy atom. The van der Waals surface area contributed by atoms with E-state index in [9.17, 15) is 9.18 Å². The monoisotopic (exact) mass is 379 g/mol. The number of carbonyl (C=O) groups is 1. The lowest BCUT2D eigenvalue weighted by atomic mass is 9.92. The summed E-state index contributed by atoms with van der Waals surface area (Å²) in [6.07, 6.45) is 1.96. The zero-order valence-corrected chi connectivity index (χ0v) is 14.2. The van der Waals surface area contributed by atoms with Gasteiger partial charge in [0.05, 0.1) is 11.6 Å². The number of hydrogen-bond acceptors (Lipinski definition) is 7. The summed E-state index contributed by atoms with van der Waals surface area (Å²) in [6, 6.07) is 6.05. The molecule has 10 heteroatoms. The third kappa shape index (κ3) is 4.06. The standard InChI is InChI=1S/C16H15ClFN5O3/c17-11-1-2-14(21-6-11)26-15(24)22-13-5-10(3-4-20-13)16(8-18)9-25-7-12(19)23-16/h1-6H,7-9H2,(H2,19,23)(H,20,22,24). The largest absolute Gasteiger partial charge is 0.419 e. The highest BCUT2D eigenvalue weighted by molar-refractivity contribution is 6.30. The highest BCUT2D eigenvalue weighted by Gasteiger charge is 2.36. The molecule has 8 nitrogen and oxygen atoms in total. The molecule has 26 heavy (non-hydrogen) atoms. The number of amidine groups is 1. The van der Waals surface area contributed by atoms with Crippen molar-refractivity contribution in [1.82, 2.24) is 9.97 Å². The van der Waals surface area contributed by atoms with Gasteiger partial charge in [0.15, 0.2) is 0 Å². The molecule has 3 heterocycles. The first-order chi connectivity index (χ1) is 12.5. The molecular weight excluding hydrogens is 365 g/mol.